The molecule has 3 rings (SSSR count). The van der Waals surface area contributed by atoms with Gasteiger partial charge >= 0.3 is 0 Å². The first kappa shape index (κ1) is 19.2. The average Bonchev–Trinajstić information content (AvgIpc) is 3.15. The van der Waals surface area contributed by atoms with Gasteiger partial charge in [-0.3, -0.25) is 4.99 Å². The Hall–Kier alpha value is -2.59. The lowest BCUT2D eigenvalue weighted by Crippen LogP contribution is -2.53. The molecule has 1 fully saturated rings. The molecule has 0 radical (unpaired) electrons. The standard InChI is InChI=1S/C17H23N5O4S/c1-18-17(19-12-14-3-2-4-16(23)11-14)21-6-8-22(9-7-21)27(24,25)13-15-5-10-26-20-15/h2-5,10-11,23H,6-9,12-13H2,1H3,(H,18,19). The summed E-state index contributed by atoms with van der Waals surface area (Å²) in [5.74, 6) is 0.760. The Morgan fingerprint density at radius 1 is 1.30 bits per heavy atom. The second-order valence-corrected chi connectivity index (χ2v) is 8.17. The molecule has 0 atom stereocenters. The number of aliphatic imine (C=N–C) groups is 1. The highest BCUT2D eigenvalue weighted by Crippen LogP contribution is 2.14. The lowest BCUT2D eigenvalue weighted by Gasteiger charge is -2.35. The number of guanidine groups is 1. The SMILES string of the molecule is CN=C(NCc1cccc(O)c1)N1CCN(S(=O)(=O)Cc2ccon2)CC1. The largest absolute Gasteiger partial charge is 0.508 e. The molecule has 1 aromatic heterocycles. The molecule has 0 unspecified atom stereocenters. The molecular weight excluding hydrogens is 370 g/mol. The lowest BCUT2D eigenvalue weighted by atomic mass is 10.2. The molecular formula is C17H23N5O4S. The van der Waals surface area contributed by atoms with E-state index in [0.717, 1.165) is 5.56 Å². The Bertz CT molecular complexity index is 874. The summed E-state index contributed by atoms with van der Waals surface area (Å²) in [4.78, 5) is 6.29. The molecule has 0 aliphatic carbocycles. The zero-order valence-electron chi connectivity index (χ0n) is 15.1. The summed E-state index contributed by atoms with van der Waals surface area (Å²) < 4.78 is 31.2. The van der Waals surface area contributed by atoms with Crippen LogP contribution in [0.4, 0.5) is 0 Å². The van der Waals surface area contributed by atoms with Gasteiger partial charge in [0.1, 0.15) is 17.8 Å². The minimum Gasteiger partial charge on any atom is -0.508 e. The minimum absolute atomic E-state index is 0.159. The van der Waals surface area contributed by atoms with Gasteiger partial charge in [-0.05, 0) is 17.7 Å². The van der Waals surface area contributed by atoms with Crippen LogP contribution in [0.5, 0.6) is 5.75 Å². The third-order valence-electron chi connectivity index (χ3n) is 4.33. The zero-order chi connectivity index (χ0) is 19.3. The summed E-state index contributed by atoms with van der Waals surface area (Å²) in [6.07, 6.45) is 1.37. The molecule has 27 heavy (non-hydrogen) atoms. The fourth-order valence-electron chi connectivity index (χ4n) is 2.95. The highest BCUT2D eigenvalue weighted by Gasteiger charge is 2.28. The first-order chi connectivity index (χ1) is 13.0. The number of benzene rings is 1. The first-order valence-corrected chi connectivity index (χ1v) is 10.2. The second kappa shape index (κ2) is 8.40. The number of phenols is 1. The van der Waals surface area contributed by atoms with Gasteiger partial charge in [0.15, 0.2) is 5.96 Å². The number of rotatable bonds is 5. The molecule has 146 valence electrons. The minimum atomic E-state index is -3.43. The van der Waals surface area contributed by atoms with Crippen molar-refractivity contribution in [2.45, 2.75) is 12.3 Å². The molecule has 0 bridgehead atoms. The van der Waals surface area contributed by atoms with Crippen molar-refractivity contribution in [2.24, 2.45) is 4.99 Å². The van der Waals surface area contributed by atoms with Gasteiger partial charge in [-0.2, -0.15) is 4.31 Å². The van der Waals surface area contributed by atoms with E-state index in [1.807, 2.05) is 11.0 Å². The van der Waals surface area contributed by atoms with Gasteiger partial charge < -0.3 is 19.8 Å². The van der Waals surface area contributed by atoms with Crippen molar-refractivity contribution in [1.29, 1.82) is 0 Å². The van der Waals surface area contributed by atoms with Crippen LogP contribution in [0.1, 0.15) is 11.3 Å². The second-order valence-electron chi connectivity index (χ2n) is 6.20. The lowest BCUT2D eigenvalue weighted by molar-refractivity contribution is 0.259. The number of hydrogen-bond donors (Lipinski definition) is 2. The van der Waals surface area contributed by atoms with Gasteiger partial charge in [0, 0.05) is 45.8 Å². The molecule has 2 aromatic rings. The van der Waals surface area contributed by atoms with Crippen LogP contribution in [0.25, 0.3) is 0 Å². The van der Waals surface area contributed by atoms with Crippen LogP contribution >= 0.6 is 0 Å². The number of aromatic nitrogens is 1. The van der Waals surface area contributed by atoms with Gasteiger partial charge in [-0.1, -0.05) is 17.3 Å². The molecule has 10 heteroatoms. The number of sulfonamides is 1. The number of aromatic hydroxyl groups is 1. The van der Waals surface area contributed by atoms with Crippen molar-refractivity contribution >= 4 is 16.0 Å². The van der Waals surface area contributed by atoms with E-state index in [0.29, 0.717) is 44.4 Å². The predicted molar refractivity (Wildman–Crippen MR) is 101 cm³/mol. The van der Waals surface area contributed by atoms with E-state index in [-0.39, 0.29) is 11.5 Å². The summed E-state index contributed by atoms with van der Waals surface area (Å²) >= 11 is 0. The quantitative estimate of drug-likeness (QED) is 0.565. The van der Waals surface area contributed by atoms with Gasteiger partial charge in [-0.15, -0.1) is 0 Å². The molecule has 2 N–H and O–H groups in total. The van der Waals surface area contributed by atoms with Crippen LogP contribution in [0.2, 0.25) is 0 Å². The molecule has 0 saturated carbocycles. The van der Waals surface area contributed by atoms with Crippen LogP contribution in [0.15, 0.2) is 46.1 Å². The monoisotopic (exact) mass is 393 g/mol. The van der Waals surface area contributed by atoms with Crippen LogP contribution in [-0.2, 0) is 22.3 Å². The Morgan fingerprint density at radius 3 is 2.70 bits per heavy atom. The topological polar surface area (TPSA) is 111 Å². The van der Waals surface area contributed by atoms with Crippen molar-refractivity contribution < 1.29 is 18.0 Å². The third-order valence-corrected chi connectivity index (χ3v) is 6.14. The van der Waals surface area contributed by atoms with Crippen LogP contribution < -0.4 is 5.32 Å². The molecule has 0 amide bonds. The summed E-state index contributed by atoms with van der Waals surface area (Å²) in [5.41, 5.74) is 1.34. The Morgan fingerprint density at radius 2 is 2.07 bits per heavy atom. The third kappa shape index (κ3) is 4.98. The van der Waals surface area contributed by atoms with Crippen LogP contribution in [-0.4, -0.2) is 67.1 Å². The molecule has 0 spiro atoms. The Labute approximate surface area is 158 Å². The van der Waals surface area contributed by atoms with Crippen molar-refractivity contribution in [3.63, 3.8) is 0 Å². The highest BCUT2D eigenvalue weighted by molar-refractivity contribution is 7.88. The fourth-order valence-corrected chi connectivity index (χ4v) is 4.37. The number of nitrogens with one attached hydrogen (secondary N) is 1. The fraction of sp³-hybridized carbons (Fsp3) is 0.412. The van der Waals surface area contributed by atoms with Crippen LogP contribution in [0.3, 0.4) is 0 Å². The van der Waals surface area contributed by atoms with Crippen LogP contribution in [0, 0.1) is 0 Å². The highest BCUT2D eigenvalue weighted by atomic mass is 32.2. The van der Waals surface area contributed by atoms with E-state index in [1.54, 1.807) is 31.3 Å². The number of nitrogens with zero attached hydrogens (tertiary/aromatic N) is 4. The number of hydrogen-bond acceptors (Lipinski definition) is 6. The van der Waals surface area contributed by atoms with Gasteiger partial charge in [0.2, 0.25) is 10.0 Å². The van der Waals surface area contributed by atoms with Crippen molar-refractivity contribution in [2.75, 3.05) is 33.2 Å². The van der Waals surface area contributed by atoms with Crippen molar-refractivity contribution in [1.82, 2.24) is 19.7 Å². The van der Waals surface area contributed by atoms with Crippen molar-refractivity contribution in [3.8, 4) is 5.75 Å². The summed E-state index contributed by atoms with van der Waals surface area (Å²) in [5, 5.41) is 16.5. The van der Waals surface area contributed by atoms with E-state index in [9.17, 15) is 13.5 Å². The first-order valence-electron chi connectivity index (χ1n) is 8.58. The van der Waals surface area contributed by atoms with Crippen molar-refractivity contribution in [3.05, 3.63) is 47.9 Å². The maximum absolute atomic E-state index is 12.5. The van der Waals surface area contributed by atoms with E-state index in [4.69, 9.17) is 4.52 Å². The van der Waals surface area contributed by atoms with E-state index in [1.165, 1.54) is 10.6 Å². The normalized spacial score (nSPS) is 16.5. The smallest absolute Gasteiger partial charge is 0.220 e. The van der Waals surface area contributed by atoms with E-state index in [2.05, 4.69) is 15.5 Å². The Kier molecular flexibility index (Phi) is 5.97. The molecule has 1 saturated heterocycles. The van der Waals surface area contributed by atoms with Gasteiger partial charge in [-0.25, -0.2) is 8.42 Å². The Balaban J connectivity index is 1.54. The maximum atomic E-state index is 12.5. The summed E-state index contributed by atoms with van der Waals surface area (Å²) in [7, 11) is -1.73. The number of piperazine rings is 1. The average molecular weight is 393 g/mol. The van der Waals surface area contributed by atoms with E-state index < -0.39 is 10.0 Å². The summed E-state index contributed by atoms with van der Waals surface area (Å²) in [6, 6.07) is 8.56. The molecule has 1 aromatic carbocycles. The predicted octanol–water partition coefficient (Wildman–Crippen LogP) is 0.603. The molecule has 2 heterocycles. The maximum Gasteiger partial charge on any atom is 0.220 e. The van der Waals surface area contributed by atoms with Gasteiger partial charge in [0.05, 0.1) is 5.69 Å². The number of phenolic OH excluding ortho intramolecular Hbond substituents is 1. The molecule has 1 aliphatic rings. The molecule has 1 aliphatic heterocycles. The van der Waals surface area contributed by atoms with E-state index >= 15 is 0 Å². The van der Waals surface area contributed by atoms with Gasteiger partial charge in [0.25, 0.3) is 0 Å². The zero-order valence-corrected chi connectivity index (χ0v) is 15.9. The summed E-state index contributed by atoms with van der Waals surface area (Å²) in [6.45, 7) is 2.36. The molecule has 9 nitrogen and oxygen atoms in total.